The second-order valence-corrected chi connectivity index (χ2v) is 4.12. The van der Waals surface area contributed by atoms with Gasteiger partial charge < -0.3 is 9.47 Å². The minimum atomic E-state index is -0.529. The molecule has 0 aromatic heterocycles. The Kier molecular flexibility index (Phi) is 2.98. The van der Waals surface area contributed by atoms with E-state index in [0.717, 1.165) is 0 Å². The van der Waals surface area contributed by atoms with E-state index in [9.17, 15) is 9.59 Å². The summed E-state index contributed by atoms with van der Waals surface area (Å²) in [6, 6.07) is 0. The van der Waals surface area contributed by atoms with E-state index in [1.165, 1.54) is 4.90 Å². The molecule has 0 spiro atoms. The minimum Gasteiger partial charge on any atom is -0.462 e. The molecule has 0 unspecified atom stereocenters. The average Bonchev–Trinajstić information content (AvgIpc) is 2.01. The van der Waals surface area contributed by atoms with Crippen LogP contribution in [0.25, 0.3) is 0 Å². The van der Waals surface area contributed by atoms with Crippen LogP contribution in [0.3, 0.4) is 0 Å². The van der Waals surface area contributed by atoms with Crippen molar-refractivity contribution in [1.29, 1.82) is 0 Å². The summed E-state index contributed by atoms with van der Waals surface area (Å²) in [5.41, 5.74) is -0.529. The van der Waals surface area contributed by atoms with Crippen molar-refractivity contribution in [1.82, 2.24) is 4.90 Å². The van der Waals surface area contributed by atoms with Gasteiger partial charge in [0.1, 0.15) is 18.8 Å². The fraction of sp³-hybridized carbons (Fsp3) is 0.778. The van der Waals surface area contributed by atoms with Gasteiger partial charge in [-0.3, -0.25) is 9.69 Å². The van der Waals surface area contributed by atoms with Gasteiger partial charge in [0.25, 0.3) is 0 Å². The fourth-order valence-corrected chi connectivity index (χ4v) is 1.03. The van der Waals surface area contributed by atoms with E-state index in [-0.39, 0.29) is 19.1 Å². The summed E-state index contributed by atoms with van der Waals surface area (Å²) in [7, 11) is 0. The van der Waals surface area contributed by atoms with E-state index >= 15 is 0 Å². The molecule has 1 rings (SSSR count). The summed E-state index contributed by atoms with van der Waals surface area (Å²) in [4.78, 5) is 23.7. The van der Waals surface area contributed by atoms with Crippen molar-refractivity contribution in [2.75, 3.05) is 19.7 Å². The van der Waals surface area contributed by atoms with Crippen molar-refractivity contribution in [3.63, 3.8) is 0 Å². The highest BCUT2D eigenvalue weighted by atomic mass is 16.6. The van der Waals surface area contributed by atoms with E-state index in [1.807, 2.05) is 0 Å². The molecule has 5 nitrogen and oxygen atoms in total. The largest absolute Gasteiger partial charge is 0.462 e. The molecule has 1 amide bonds. The Hall–Kier alpha value is -1.26. The van der Waals surface area contributed by atoms with Gasteiger partial charge in [0.05, 0.1) is 6.54 Å². The van der Waals surface area contributed by atoms with Gasteiger partial charge >= 0.3 is 12.1 Å². The zero-order valence-electron chi connectivity index (χ0n) is 8.70. The number of hydrogen-bond acceptors (Lipinski definition) is 4. The van der Waals surface area contributed by atoms with Gasteiger partial charge in [-0.2, -0.15) is 0 Å². The van der Waals surface area contributed by atoms with E-state index < -0.39 is 11.7 Å². The maximum Gasteiger partial charge on any atom is 0.410 e. The summed E-state index contributed by atoms with van der Waals surface area (Å²) in [5, 5.41) is 0. The summed E-state index contributed by atoms with van der Waals surface area (Å²) in [6.07, 6.45) is -0.464. The Balaban J connectivity index is 2.48. The summed E-state index contributed by atoms with van der Waals surface area (Å²) < 4.78 is 9.80. The van der Waals surface area contributed by atoms with Crippen LogP contribution in [0.1, 0.15) is 20.8 Å². The molecule has 1 heterocycles. The molecule has 0 aromatic rings. The van der Waals surface area contributed by atoms with Gasteiger partial charge in [-0.25, -0.2) is 4.79 Å². The Morgan fingerprint density at radius 3 is 2.64 bits per heavy atom. The standard InChI is InChI=1S/C9H15NO4/c1-9(2,3)14-8(12)10-4-5-13-7(11)6-10/h4-6H2,1-3H3. The maximum absolute atomic E-state index is 11.5. The molecule has 0 N–H and O–H groups in total. The van der Waals surface area contributed by atoms with Crippen molar-refractivity contribution < 1.29 is 19.1 Å². The predicted molar refractivity (Wildman–Crippen MR) is 48.8 cm³/mol. The third-order valence-electron chi connectivity index (χ3n) is 1.60. The van der Waals surface area contributed by atoms with Crippen LogP contribution in [-0.2, 0) is 14.3 Å². The molecule has 14 heavy (non-hydrogen) atoms. The molecule has 5 heteroatoms. The van der Waals surface area contributed by atoms with Crippen molar-refractivity contribution in [3.05, 3.63) is 0 Å². The first kappa shape index (κ1) is 10.8. The van der Waals surface area contributed by atoms with Crippen LogP contribution in [0, 0.1) is 0 Å². The molecular formula is C9H15NO4. The summed E-state index contributed by atoms with van der Waals surface area (Å²) in [5.74, 6) is -0.387. The molecule has 0 saturated carbocycles. The number of amides is 1. The van der Waals surface area contributed by atoms with Gasteiger partial charge in [0.15, 0.2) is 0 Å². The van der Waals surface area contributed by atoms with Crippen LogP contribution in [0.2, 0.25) is 0 Å². The number of esters is 1. The highest BCUT2D eigenvalue weighted by Crippen LogP contribution is 2.11. The zero-order valence-corrected chi connectivity index (χ0v) is 8.70. The second kappa shape index (κ2) is 3.86. The number of carbonyl (C=O) groups is 2. The summed E-state index contributed by atoms with van der Waals surface area (Å²) >= 11 is 0. The number of ether oxygens (including phenoxy) is 2. The van der Waals surface area contributed by atoms with Crippen LogP contribution in [0.15, 0.2) is 0 Å². The normalized spacial score (nSPS) is 17.6. The van der Waals surface area contributed by atoms with Crippen molar-refractivity contribution >= 4 is 12.1 Å². The number of hydrogen-bond donors (Lipinski definition) is 0. The molecule has 1 aliphatic heterocycles. The summed E-state index contributed by atoms with van der Waals surface area (Å²) in [6.45, 7) is 5.99. The van der Waals surface area contributed by atoms with E-state index in [1.54, 1.807) is 20.8 Å². The molecule has 1 aliphatic rings. The quantitative estimate of drug-likeness (QED) is 0.543. The van der Waals surface area contributed by atoms with Crippen LogP contribution in [-0.4, -0.2) is 42.3 Å². The Bertz CT molecular complexity index is 244. The number of morpholine rings is 1. The minimum absolute atomic E-state index is 0.0189. The van der Waals surface area contributed by atoms with Crippen LogP contribution >= 0.6 is 0 Å². The number of carbonyl (C=O) groups excluding carboxylic acids is 2. The SMILES string of the molecule is CC(C)(C)OC(=O)N1CCOC(=O)C1. The molecule has 0 bridgehead atoms. The van der Waals surface area contributed by atoms with Gasteiger partial charge in [0, 0.05) is 0 Å². The lowest BCUT2D eigenvalue weighted by molar-refractivity contribution is -0.150. The van der Waals surface area contributed by atoms with Gasteiger partial charge in [-0.05, 0) is 20.8 Å². The van der Waals surface area contributed by atoms with E-state index in [4.69, 9.17) is 9.47 Å². The van der Waals surface area contributed by atoms with Crippen LogP contribution in [0.4, 0.5) is 4.79 Å². The lowest BCUT2D eigenvalue weighted by atomic mass is 10.2. The highest BCUT2D eigenvalue weighted by Gasteiger charge is 2.26. The van der Waals surface area contributed by atoms with Crippen molar-refractivity contribution in [2.24, 2.45) is 0 Å². The molecular weight excluding hydrogens is 186 g/mol. The number of rotatable bonds is 0. The highest BCUT2D eigenvalue weighted by molar-refractivity contribution is 5.79. The molecule has 0 atom stereocenters. The van der Waals surface area contributed by atoms with E-state index in [0.29, 0.717) is 6.54 Å². The van der Waals surface area contributed by atoms with Crippen molar-refractivity contribution in [2.45, 2.75) is 26.4 Å². The van der Waals surface area contributed by atoms with Gasteiger partial charge in [-0.1, -0.05) is 0 Å². The topological polar surface area (TPSA) is 55.8 Å². The molecule has 0 aromatic carbocycles. The molecule has 1 saturated heterocycles. The smallest absolute Gasteiger partial charge is 0.410 e. The number of nitrogens with zero attached hydrogens (tertiary/aromatic N) is 1. The Labute approximate surface area is 83.0 Å². The average molecular weight is 201 g/mol. The lowest BCUT2D eigenvalue weighted by Gasteiger charge is -2.29. The zero-order chi connectivity index (χ0) is 10.8. The number of cyclic esters (lactones) is 1. The Morgan fingerprint density at radius 1 is 1.50 bits per heavy atom. The van der Waals surface area contributed by atoms with Crippen LogP contribution < -0.4 is 0 Å². The third-order valence-corrected chi connectivity index (χ3v) is 1.60. The van der Waals surface area contributed by atoms with Crippen molar-refractivity contribution in [3.8, 4) is 0 Å². The molecule has 0 aliphatic carbocycles. The first-order valence-corrected chi connectivity index (χ1v) is 4.52. The lowest BCUT2D eigenvalue weighted by Crippen LogP contribution is -2.45. The maximum atomic E-state index is 11.5. The molecule has 1 fully saturated rings. The first-order valence-electron chi connectivity index (χ1n) is 4.52. The van der Waals surface area contributed by atoms with E-state index in [2.05, 4.69) is 0 Å². The molecule has 0 radical (unpaired) electrons. The second-order valence-electron chi connectivity index (χ2n) is 4.12. The Morgan fingerprint density at radius 2 is 2.14 bits per heavy atom. The predicted octanol–water partition coefficient (Wildman–Crippen LogP) is 0.780. The van der Waals surface area contributed by atoms with Gasteiger partial charge in [-0.15, -0.1) is 0 Å². The van der Waals surface area contributed by atoms with Crippen LogP contribution in [0.5, 0.6) is 0 Å². The first-order chi connectivity index (χ1) is 6.38. The fourth-order valence-electron chi connectivity index (χ4n) is 1.03. The molecule has 80 valence electrons. The monoisotopic (exact) mass is 201 g/mol. The third kappa shape index (κ3) is 3.24. The van der Waals surface area contributed by atoms with Gasteiger partial charge in [0.2, 0.25) is 0 Å².